The van der Waals surface area contributed by atoms with E-state index in [-0.39, 0.29) is 0 Å². The predicted molar refractivity (Wildman–Crippen MR) is 95.7 cm³/mol. The van der Waals surface area contributed by atoms with Gasteiger partial charge in [0.2, 0.25) is 0 Å². The number of nitrogens with one attached hydrogen (secondary N) is 1. The van der Waals surface area contributed by atoms with E-state index >= 15 is 0 Å². The number of benzene rings is 2. The van der Waals surface area contributed by atoms with Crippen molar-refractivity contribution in [2.75, 3.05) is 6.54 Å². The first-order chi connectivity index (χ1) is 11.1. The molecule has 0 aliphatic rings. The monoisotopic (exact) mass is 311 g/mol. The third-order valence-electron chi connectivity index (χ3n) is 3.27. The molecule has 0 bridgehead atoms. The smallest absolute Gasteiger partial charge is 0.188 e. The number of rotatable bonds is 7. The van der Waals surface area contributed by atoms with Gasteiger partial charge in [0.15, 0.2) is 5.96 Å². The normalized spacial score (nSPS) is 11.5. The lowest BCUT2D eigenvalue weighted by molar-refractivity contribution is 0.306. The van der Waals surface area contributed by atoms with Gasteiger partial charge in [0.25, 0.3) is 0 Å². The summed E-state index contributed by atoms with van der Waals surface area (Å²) >= 11 is 0. The maximum Gasteiger partial charge on any atom is 0.188 e. The Kier molecular flexibility index (Phi) is 6.48. The van der Waals surface area contributed by atoms with Gasteiger partial charge in [0.05, 0.1) is 0 Å². The van der Waals surface area contributed by atoms with Crippen LogP contribution in [-0.2, 0) is 13.0 Å². The maximum absolute atomic E-state index is 5.84. The van der Waals surface area contributed by atoms with Crippen LogP contribution in [0.1, 0.15) is 25.0 Å². The van der Waals surface area contributed by atoms with E-state index in [1.807, 2.05) is 44.2 Å². The van der Waals surface area contributed by atoms with E-state index < -0.39 is 0 Å². The summed E-state index contributed by atoms with van der Waals surface area (Å²) in [5.74, 6) is 1.38. The minimum atomic E-state index is 0.300. The van der Waals surface area contributed by atoms with E-state index in [9.17, 15) is 0 Å². The van der Waals surface area contributed by atoms with Crippen molar-refractivity contribution in [3.8, 4) is 5.75 Å². The van der Waals surface area contributed by atoms with Crippen LogP contribution in [0.3, 0.4) is 0 Å². The third-order valence-corrected chi connectivity index (χ3v) is 3.27. The first-order valence-electron chi connectivity index (χ1n) is 7.95. The van der Waals surface area contributed by atoms with Crippen LogP contribution in [0.25, 0.3) is 0 Å². The maximum atomic E-state index is 5.84. The van der Waals surface area contributed by atoms with Gasteiger partial charge in [-0.05, 0) is 43.5 Å². The second-order valence-corrected chi connectivity index (χ2v) is 5.74. The van der Waals surface area contributed by atoms with Gasteiger partial charge in [-0.1, -0.05) is 42.5 Å². The summed E-state index contributed by atoms with van der Waals surface area (Å²) in [6.45, 7) is 5.31. The highest BCUT2D eigenvalue weighted by Gasteiger charge is 1.99. The van der Waals surface area contributed by atoms with Crippen molar-refractivity contribution in [1.29, 1.82) is 0 Å². The summed E-state index contributed by atoms with van der Waals surface area (Å²) in [7, 11) is 0. The van der Waals surface area contributed by atoms with Crippen molar-refractivity contribution >= 4 is 5.96 Å². The lowest BCUT2D eigenvalue weighted by atomic mass is 10.1. The average Bonchev–Trinajstić information content (AvgIpc) is 2.54. The lowest BCUT2D eigenvalue weighted by Gasteiger charge is -2.09. The van der Waals surface area contributed by atoms with Gasteiger partial charge in [-0.2, -0.15) is 0 Å². The number of aliphatic imine (C=N–C) groups is 1. The van der Waals surface area contributed by atoms with E-state index in [0.29, 0.717) is 25.2 Å². The summed E-state index contributed by atoms with van der Waals surface area (Å²) in [6, 6.07) is 18.6. The molecule has 0 unspecified atom stereocenters. The topological polar surface area (TPSA) is 59.6 Å². The number of nitrogens with two attached hydrogens (primary N) is 1. The minimum absolute atomic E-state index is 0.300. The molecule has 0 aliphatic heterocycles. The Labute approximate surface area is 138 Å². The van der Waals surface area contributed by atoms with E-state index in [4.69, 9.17) is 10.5 Å². The molecule has 2 rings (SSSR count). The molecule has 0 spiro atoms. The Morgan fingerprint density at radius 1 is 1.09 bits per heavy atom. The Hall–Kier alpha value is -2.49. The van der Waals surface area contributed by atoms with E-state index in [0.717, 1.165) is 17.7 Å². The fourth-order valence-electron chi connectivity index (χ4n) is 2.18. The Balaban J connectivity index is 1.85. The first-order valence-corrected chi connectivity index (χ1v) is 7.95. The molecule has 0 saturated carbocycles. The van der Waals surface area contributed by atoms with Gasteiger partial charge in [0.1, 0.15) is 12.4 Å². The van der Waals surface area contributed by atoms with Crippen molar-refractivity contribution in [3.05, 3.63) is 65.7 Å². The van der Waals surface area contributed by atoms with Crippen molar-refractivity contribution in [2.45, 2.75) is 32.9 Å². The molecular formula is C19H25N3O. The van der Waals surface area contributed by atoms with Crippen molar-refractivity contribution in [1.82, 2.24) is 5.32 Å². The SMILES string of the molecule is CC(C)NC(N)=NCCc1cccc(OCc2ccccc2)c1. The van der Waals surface area contributed by atoms with Crippen LogP contribution in [0.5, 0.6) is 5.75 Å². The van der Waals surface area contributed by atoms with Crippen LogP contribution in [0.4, 0.5) is 0 Å². The summed E-state index contributed by atoms with van der Waals surface area (Å²) in [4.78, 5) is 4.33. The Morgan fingerprint density at radius 3 is 2.57 bits per heavy atom. The molecule has 0 aromatic heterocycles. The number of guanidine groups is 1. The van der Waals surface area contributed by atoms with Crippen LogP contribution in [0.15, 0.2) is 59.6 Å². The first kappa shape index (κ1) is 16.9. The Bertz CT molecular complexity index is 624. The molecule has 4 nitrogen and oxygen atoms in total. The quantitative estimate of drug-likeness (QED) is 0.610. The number of nitrogens with zero attached hydrogens (tertiary/aromatic N) is 1. The number of hydrogen-bond acceptors (Lipinski definition) is 2. The van der Waals surface area contributed by atoms with Crippen LogP contribution >= 0.6 is 0 Å². The molecule has 2 aromatic rings. The highest BCUT2D eigenvalue weighted by molar-refractivity contribution is 5.78. The molecule has 0 aliphatic carbocycles. The average molecular weight is 311 g/mol. The van der Waals surface area contributed by atoms with Gasteiger partial charge in [-0.15, -0.1) is 0 Å². The molecule has 2 aromatic carbocycles. The van der Waals surface area contributed by atoms with E-state index in [1.165, 1.54) is 5.56 Å². The highest BCUT2D eigenvalue weighted by Crippen LogP contribution is 2.15. The van der Waals surface area contributed by atoms with E-state index in [1.54, 1.807) is 0 Å². The molecular weight excluding hydrogens is 286 g/mol. The third kappa shape index (κ3) is 6.43. The van der Waals surface area contributed by atoms with E-state index in [2.05, 4.69) is 34.6 Å². The van der Waals surface area contributed by atoms with Gasteiger partial charge in [-0.3, -0.25) is 4.99 Å². The van der Waals surface area contributed by atoms with Crippen LogP contribution in [-0.4, -0.2) is 18.5 Å². The molecule has 0 atom stereocenters. The van der Waals surface area contributed by atoms with Crippen molar-refractivity contribution < 1.29 is 4.74 Å². The standard InChI is InChI=1S/C19H25N3O/c1-15(2)22-19(20)21-12-11-16-9-6-10-18(13-16)23-14-17-7-4-3-5-8-17/h3-10,13,15H,11-12,14H2,1-2H3,(H3,20,21,22). The molecule has 0 heterocycles. The Morgan fingerprint density at radius 2 is 1.83 bits per heavy atom. The second-order valence-electron chi connectivity index (χ2n) is 5.74. The van der Waals surface area contributed by atoms with Crippen molar-refractivity contribution in [2.24, 2.45) is 10.7 Å². The predicted octanol–water partition coefficient (Wildman–Crippen LogP) is 3.12. The summed E-state index contributed by atoms with van der Waals surface area (Å²) in [5, 5.41) is 3.08. The summed E-state index contributed by atoms with van der Waals surface area (Å²) in [5.41, 5.74) is 8.15. The zero-order valence-electron chi connectivity index (χ0n) is 13.8. The summed E-state index contributed by atoms with van der Waals surface area (Å²) < 4.78 is 5.84. The van der Waals surface area contributed by atoms with Crippen LogP contribution in [0, 0.1) is 0 Å². The lowest BCUT2D eigenvalue weighted by Crippen LogP contribution is -2.36. The van der Waals surface area contributed by atoms with Crippen molar-refractivity contribution in [3.63, 3.8) is 0 Å². The highest BCUT2D eigenvalue weighted by atomic mass is 16.5. The van der Waals surface area contributed by atoms with Crippen LogP contribution in [0.2, 0.25) is 0 Å². The van der Waals surface area contributed by atoms with Gasteiger partial charge in [-0.25, -0.2) is 0 Å². The van der Waals surface area contributed by atoms with Gasteiger partial charge < -0.3 is 15.8 Å². The molecule has 122 valence electrons. The molecule has 3 N–H and O–H groups in total. The fourth-order valence-corrected chi connectivity index (χ4v) is 2.18. The largest absolute Gasteiger partial charge is 0.489 e. The zero-order chi connectivity index (χ0) is 16.5. The molecule has 4 heteroatoms. The van der Waals surface area contributed by atoms with Gasteiger partial charge in [0, 0.05) is 12.6 Å². The second kappa shape index (κ2) is 8.83. The number of ether oxygens (including phenoxy) is 1. The summed E-state index contributed by atoms with van der Waals surface area (Å²) in [6.07, 6.45) is 0.836. The molecule has 0 saturated heterocycles. The molecule has 0 fully saturated rings. The van der Waals surface area contributed by atoms with Crippen LogP contribution < -0.4 is 15.8 Å². The fraction of sp³-hybridized carbons (Fsp3) is 0.316. The minimum Gasteiger partial charge on any atom is -0.489 e. The molecule has 0 amide bonds. The van der Waals surface area contributed by atoms with Gasteiger partial charge >= 0.3 is 0 Å². The molecule has 23 heavy (non-hydrogen) atoms. The number of hydrogen-bond donors (Lipinski definition) is 2. The molecule has 0 radical (unpaired) electrons. The zero-order valence-corrected chi connectivity index (χ0v) is 13.8.